The van der Waals surface area contributed by atoms with Crippen molar-refractivity contribution in [3.63, 3.8) is 0 Å². The highest BCUT2D eigenvalue weighted by molar-refractivity contribution is 7.10. The number of carbonyl (C=O) groups is 1. The van der Waals surface area contributed by atoms with Gasteiger partial charge in [-0.1, -0.05) is 12.8 Å². The first-order valence-electron chi connectivity index (χ1n) is 9.02. The number of amides is 1. The van der Waals surface area contributed by atoms with Crippen molar-refractivity contribution in [3.8, 4) is 0 Å². The van der Waals surface area contributed by atoms with Gasteiger partial charge < -0.3 is 15.4 Å². The van der Waals surface area contributed by atoms with E-state index in [2.05, 4.69) is 16.7 Å². The third kappa shape index (κ3) is 3.78. The minimum Gasteiger partial charge on any atom is -0.381 e. The van der Waals surface area contributed by atoms with Gasteiger partial charge in [0, 0.05) is 47.5 Å². The van der Waals surface area contributed by atoms with E-state index in [1.165, 1.54) is 24.1 Å². The largest absolute Gasteiger partial charge is 0.381 e. The van der Waals surface area contributed by atoms with E-state index in [1.807, 2.05) is 5.38 Å². The molecule has 3 aliphatic rings. The molecule has 2 saturated carbocycles. The van der Waals surface area contributed by atoms with Gasteiger partial charge in [-0.05, 0) is 38.2 Å². The predicted octanol–water partition coefficient (Wildman–Crippen LogP) is 3.05. The number of hydrogen-bond acceptors (Lipinski definition) is 4. The van der Waals surface area contributed by atoms with E-state index in [0.717, 1.165) is 44.5 Å². The first kappa shape index (κ1) is 15.6. The van der Waals surface area contributed by atoms with Crippen molar-refractivity contribution in [2.24, 2.45) is 0 Å². The van der Waals surface area contributed by atoms with Gasteiger partial charge in [-0.25, -0.2) is 0 Å². The SMILES string of the molecule is O=C(NC1CCCC1)c1csc([C@H]2C[C@@H]2NC2CCOCC2)c1. The molecule has 2 N–H and O–H groups in total. The Morgan fingerprint density at radius 2 is 1.91 bits per heavy atom. The summed E-state index contributed by atoms with van der Waals surface area (Å²) in [6.07, 6.45) is 8.25. The molecule has 126 valence electrons. The molecule has 0 radical (unpaired) electrons. The lowest BCUT2D eigenvalue weighted by Gasteiger charge is -2.23. The topological polar surface area (TPSA) is 50.4 Å². The van der Waals surface area contributed by atoms with Crippen LogP contribution in [-0.2, 0) is 4.74 Å². The van der Waals surface area contributed by atoms with E-state index in [9.17, 15) is 4.79 Å². The minimum absolute atomic E-state index is 0.119. The van der Waals surface area contributed by atoms with Crippen molar-refractivity contribution < 1.29 is 9.53 Å². The Morgan fingerprint density at radius 1 is 1.13 bits per heavy atom. The third-order valence-corrected chi connectivity index (χ3v) is 6.46. The van der Waals surface area contributed by atoms with Gasteiger partial charge in [0.25, 0.3) is 5.91 Å². The zero-order chi connectivity index (χ0) is 15.6. The van der Waals surface area contributed by atoms with Crippen LogP contribution in [0.4, 0.5) is 0 Å². The molecule has 0 bridgehead atoms. The van der Waals surface area contributed by atoms with Crippen molar-refractivity contribution in [1.82, 2.24) is 10.6 Å². The summed E-state index contributed by atoms with van der Waals surface area (Å²) in [5, 5.41) is 8.98. The first-order chi connectivity index (χ1) is 11.3. The van der Waals surface area contributed by atoms with Crippen LogP contribution in [0.3, 0.4) is 0 Å². The summed E-state index contributed by atoms with van der Waals surface area (Å²) in [5.41, 5.74) is 0.855. The highest BCUT2D eigenvalue weighted by Crippen LogP contribution is 2.44. The molecule has 3 fully saturated rings. The van der Waals surface area contributed by atoms with Gasteiger partial charge in [0.2, 0.25) is 0 Å². The molecule has 1 saturated heterocycles. The maximum absolute atomic E-state index is 12.3. The van der Waals surface area contributed by atoms with Crippen molar-refractivity contribution >= 4 is 17.2 Å². The van der Waals surface area contributed by atoms with Crippen LogP contribution in [0.2, 0.25) is 0 Å². The molecule has 1 amide bonds. The van der Waals surface area contributed by atoms with Gasteiger partial charge in [0.05, 0.1) is 5.56 Å². The van der Waals surface area contributed by atoms with Crippen LogP contribution < -0.4 is 10.6 Å². The van der Waals surface area contributed by atoms with Gasteiger partial charge in [-0.3, -0.25) is 4.79 Å². The maximum Gasteiger partial charge on any atom is 0.252 e. The lowest BCUT2D eigenvalue weighted by atomic mass is 10.1. The molecule has 1 aromatic heterocycles. The van der Waals surface area contributed by atoms with Crippen molar-refractivity contribution in [3.05, 3.63) is 21.9 Å². The van der Waals surface area contributed by atoms with Gasteiger partial charge in [0.15, 0.2) is 0 Å². The van der Waals surface area contributed by atoms with Crippen molar-refractivity contribution in [2.45, 2.75) is 69.0 Å². The molecule has 0 aromatic carbocycles. The molecular weight excluding hydrogens is 308 g/mol. The fraction of sp³-hybridized carbons (Fsp3) is 0.722. The van der Waals surface area contributed by atoms with Crippen LogP contribution in [0, 0.1) is 0 Å². The lowest BCUT2D eigenvalue weighted by molar-refractivity contribution is 0.0774. The van der Waals surface area contributed by atoms with Crippen LogP contribution in [0.1, 0.15) is 66.1 Å². The zero-order valence-electron chi connectivity index (χ0n) is 13.6. The number of thiophene rings is 1. The van der Waals surface area contributed by atoms with Gasteiger partial charge in [-0.15, -0.1) is 11.3 Å². The second kappa shape index (κ2) is 6.91. The van der Waals surface area contributed by atoms with Crippen LogP contribution in [0.15, 0.2) is 11.4 Å². The molecule has 5 heteroatoms. The average Bonchev–Trinajstić information content (AvgIpc) is 2.98. The minimum atomic E-state index is 0.119. The second-order valence-electron chi connectivity index (χ2n) is 7.19. The Morgan fingerprint density at radius 3 is 2.70 bits per heavy atom. The normalized spacial score (nSPS) is 28.9. The summed E-state index contributed by atoms with van der Waals surface area (Å²) >= 11 is 1.75. The number of ether oxygens (including phenoxy) is 1. The van der Waals surface area contributed by atoms with Crippen LogP contribution in [-0.4, -0.2) is 37.2 Å². The molecule has 4 rings (SSSR count). The number of carbonyl (C=O) groups excluding carboxylic acids is 1. The highest BCUT2D eigenvalue weighted by Gasteiger charge is 2.40. The van der Waals surface area contributed by atoms with Crippen LogP contribution in [0.25, 0.3) is 0 Å². The molecule has 1 aromatic rings. The number of nitrogens with one attached hydrogen (secondary N) is 2. The first-order valence-corrected chi connectivity index (χ1v) is 9.90. The predicted molar refractivity (Wildman–Crippen MR) is 92.2 cm³/mol. The summed E-state index contributed by atoms with van der Waals surface area (Å²) in [6.45, 7) is 1.78. The Hall–Kier alpha value is -0.910. The maximum atomic E-state index is 12.3. The Kier molecular flexibility index (Phi) is 4.69. The number of hydrogen-bond donors (Lipinski definition) is 2. The molecule has 23 heavy (non-hydrogen) atoms. The summed E-state index contributed by atoms with van der Waals surface area (Å²) < 4.78 is 5.41. The highest BCUT2D eigenvalue weighted by atomic mass is 32.1. The monoisotopic (exact) mass is 334 g/mol. The van der Waals surface area contributed by atoms with Gasteiger partial charge >= 0.3 is 0 Å². The van der Waals surface area contributed by atoms with Gasteiger partial charge in [0.1, 0.15) is 0 Å². The number of rotatable bonds is 5. The van der Waals surface area contributed by atoms with Crippen molar-refractivity contribution in [2.75, 3.05) is 13.2 Å². The van der Waals surface area contributed by atoms with E-state index in [-0.39, 0.29) is 5.91 Å². The summed E-state index contributed by atoms with van der Waals surface area (Å²) in [7, 11) is 0. The summed E-state index contributed by atoms with van der Waals surface area (Å²) in [5.74, 6) is 0.727. The Labute approximate surface area is 142 Å². The lowest BCUT2D eigenvalue weighted by Crippen LogP contribution is -2.36. The van der Waals surface area contributed by atoms with E-state index in [0.29, 0.717) is 24.0 Å². The zero-order valence-corrected chi connectivity index (χ0v) is 14.4. The summed E-state index contributed by atoms with van der Waals surface area (Å²) in [4.78, 5) is 13.7. The fourth-order valence-corrected chi connectivity index (χ4v) is 4.93. The van der Waals surface area contributed by atoms with E-state index < -0.39 is 0 Å². The van der Waals surface area contributed by atoms with Crippen LogP contribution in [0.5, 0.6) is 0 Å². The Balaban J connectivity index is 1.29. The second-order valence-corrected chi connectivity index (χ2v) is 8.14. The molecule has 0 spiro atoms. The molecule has 2 heterocycles. The van der Waals surface area contributed by atoms with E-state index >= 15 is 0 Å². The molecule has 0 unspecified atom stereocenters. The van der Waals surface area contributed by atoms with E-state index in [1.54, 1.807) is 11.3 Å². The van der Waals surface area contributed by atoms with E-state index in [4.69, 9.17) is 4.74 Å². The van der Waals surface area contributed by atoms with Crippen molar-refractivity contribution in [1.29, 1.82) is 0 Å². The standard InChI is InChI=1S/C18H26N2O2S/c21-18(20-13-3-1-2-4-13)12-9-17(23-11-12)15-10-16(15)19-14-5-7-22-8-6-14/h9,11,13-16,19H,1-8,10H2,(H,20,21)/t15-,16-/m0/s1. The molecule has 4 nitrogen and oxygen atoms in total. The Bertz CT molecular complexity index is 547. The smallest absolute Gasteiger partial charge is 0.252 e. The molecule has 2 atom stereocenters. The molecular formula is C18H26N2O2S. The van der Waals surface area contributed by atoms with Gasteiger partial charge in [-0.2, -0.15) is 0 Å². The molecule has 2 aliphatic carbocycles. The quantitative estimate of drug-likeness (QED) is 0.870. The summed E-state index contributed by atoms with van der Waals surface area (Å²) in [6, 6.07) is 3.73. The fourth-order valence-electron chi connectivity index (χ4n) is 3.87. The average molecular weight is 334 g/mol. The van der Waals surface area contributed by atoms with Crippen LogP contribution >= 0.6 is 11.3 Å². The third-order valence-electron chi connectivity index (χ3n) is 5.40. The molecule has 1 aliphatic heterocycles.